The maximum absolute atomic E-state index is 12.5. The molecule has 7 nitrogen and oxygen atoms in total. The minimum Gasteiger partial charge on any atom is -0.322 e. The summed E-state index contributed by atoms with van der Waals surface area (Å²) in [6.45, 7) is 0.638. The highest BCUT2D eigenvalue weighted by atomic mass is 35.5. The fourth-order valence-electron chi connectivity index (χ4n) is 3.54. The minimum absolute atomic E-state index is 0.0405. The van der Waals surface area contributed by atoms with E-state index in [4.69, 9.17) is 11.6 Å². The Kier molecular flexibility index (Phi) is 5.07. The minimum atomic E-state index is -0.350. The number of benzene rings is 2. The van der Waals surface area contributed by atoms with E-state index in [0.29, 0.717) is 40.6 Å². The van der Waals surface area contributed by atoms with Crippen molar-refractivity contribution in [2.45, 2.75) is 25.7 Å². The van der Waals surface area contributed by atoms with Crippen molar-refractivity contribution < 1.29 is 19.2 Å². The summed E-state index contributed by atoms with van der Waals surface area (Å²) in [6.07, 6.45) is 1.74. The average Bonchev–Trinajstić information content (AvgIpc) is 3.27. The van der Waals surface area contributed by atoms with Gasteiger partial charge < -0.3 is 10.2 Å². The van der Waals surface area contributed by atoms with Crippen LogP contribution >= 0.6 is 11.6 Å². The van der Waals surface area contributed by atoms with Gasteiger partial charge in [-0.05, 0) is 48.9 Å². The van der Waals surface area contributed by atoms with E-state index in [1.54, 1.807) is 47.4 Å². The molecular formula is C21H18ClN3O4. The number of hydrogen-bond acceptors (Lipinski definition) is 4. The molecule has 2 fully saturated rings. The van der Waals surface area contributed by atoms with E-state index in [2.05, 4.69) is 5.32 Å². The van der Waals surface area contributed by atoms with Gasteiger partial charge in [0.1, 0.15) is 0 Å². The third-order valence-corrected chi connectivity index (χ3v) is 5.31. The molecule has 4 rings (SSSR count). The Labute approximate surface area is 172 Å². The van der Waals surface area contributed by atoms with Gasteiger partial charge in [-0.25, -0.2) is 0 Å². The van der Waals surface area contributed by atoms with Crippen molar-refractivity contribution in [3.8, 4) is 0 Å². The van der Waals surface area contributed by atoms with Gasteiger partial charge in [-0.15, -0.1) is 0 Å². The van der Waals surface area contributed by atoms with Crippen LogP contribution in [0.5, 0.6) is 0 Å². The largest absolute Gasteiger partial charge is 0.322 e. The molecule has 0 spiro atoms. The zero-order valence-corrected chi connectivity index (χ0v) is 16.2. The molecule has 8 heteroatoms. The zero-order valence-electron chi connectivity index (χ0n) is 15.5. The van der Waals surface area contributed by atoms with E-state index >= 15 is 0 Å². The van der Waals surface area contributed by atoms with Crippen LogP contribution in [0.15, 0.2) is 42.5 Å². The van der Waals surface area contributed by atoms with Crippen molar-refractivity contribution in [1.29, 1.82) is 0 Å². The molecule has 0 unspecified atom stereocenters. The Hall–Kier alpha value is -3.19. The molecule has 4 amide bonds. The van der Waals surface area contributed by atoms with Gasteiger partial charge in [0.2, 0.25) is 17.7 Å². The lowest BCUT2D eigenvalue weighted by Crippen LogP contribution is -2.28. The maximum Gasteiger partial charge on any atom is 0.255 e. The van der Waals surface area contributed by atoms with E-state index in [-0.39, 0.29) is 36.5 Å². The highest BCUT2D eigenvalue weighted by molar-refractivity contribution is 6.34. The quantitative estimate of drug-likeness (QED) is 0.781. The first-order valence-corrected chi connectivity index (χ1v) is 9.69. The third-order valence-electron chi connectivity index (χ3n) is 5.01. The van der Waals surface area contributed by atoms with Gasteiger partial charge in [-0.3, -0.25) is 24.1 Å². The van der Waals surface area contributed by atoms with Crippen LogP contribution < -0.4 is 15.1 Å². The monoisotopic (exact) mass is 411 g/mol. The van der Waals surface area contributed by atoms with E-state index in [9.17, 15) is 19.2 Å². The maximum atomic E-state index is 12.5. The molecule has 0 bridgehead atoms. The normalized spacial score (nSPS) is 16.7. The topological polar surface area (TPSA) is 86.8 Å². The van der Waals surface area contributed by atoms with Crippen LogP contribution in [-0.2, 0) is 14.4 Å². The van der Waals surface area contributed by atoms with Crippen LogP contribution in [-0.4, -0.2) is 30.2 Å². The summed E-state index contributed by atoms with van der Waals surface area (Å²) < 4.78 is 0. The van der Waals surface area contributed by atoms with Crippen LogP contribution in [0, 0.1) is 0 Å². The number of amides is 4. The molecule has 29 heavy (non-hydrogen) atoms. The lowest BCUT2D eigenvalue weighted by molar-refractivity contribution is -0.121. The molecule has 2 aromatic rings. The van der Waals surface area contributed by atoms with Gasteiger partial charge in [-0.2, -0.15) is 0 Å². The lowest BCUT2D eigenvalue weighted by Gasteiger charge is -2.18. The Balaban J connectivity index is 1.46. The second-order valence-electron chi connectivity index (χ2n) is 6.94. The molecule has 2 aromatic carbocycles. The Bertz CT molecular complexity index is 1000. The molecule has 0 aromatic heterocycles. The lowest BCUT2D eigenvalue weighted by atomic mass is 10.1. The SMILES string of the molecule is O=C(Nc1ccc(N2CCCC2=O)c(Cl)c1)c1ccc(N2C(=O)CCC2=O)cc1. The number of rotatable bonds is 4. The standard InChI is InChI=1S/C21H18ClN3O4/c22-16-12-14(5-8-17(16)24-11-1-2-18(24)26)23-21(29)13-3-6-15(7-4-13)25-19(27)9-10-20(25)28/h3-8,12H,1-2,9-11H2,(H,23,29). The highest BCUT2D eigenvalue weighted by Crippen LogP contribution is 2.32. The molecule has 2 saturated heterocycles. The van der Waals surface area contributed by atoms with Gasteiger partial charge >= 0.3 is 0 Å². The summed E-state index contributed by atoms with van der Waals surface area (Å²) in [6, 6.07) is 11.3. The first-order chi connectivity index (χ1) is 13.9. The van der Waals surface area contributed by atoms with E-state index in [0.717, 1.165) is 11.3 Å². The van der Waals surface area contributed by atoms with E-state index in [1.807, 2.05) is 0 Å². The summed E-state index contributed by atoms with van der Waals surface area (Å²) in [5.41, 5.74) is 1.97. The van der Waals surface area contributed by atoms with Gasteiger partial charge in [0.25, 0.3) is 5.91 Å². The fourth-order valence-corrected chi connectivity index (χ4v) is 3.82. The second-order valence-corrected chi connectivity index (χ2v) is 7.35. The Morgan fingerprint density at radius 2 is 1.59 bits per heavy atom. The molecule has 0 radical (unpaired) electrons. The summed E-state index contributed by atoms with van der Waals surface area (Å²) in [7, 11) is 0. The summed E-state index contributed by atoms with van der Waals surface area (Å²) in [4.78, 5) is 50.8. The van der Waals surface area contributed by atoms with Crippen molar-refractivity contribution in [2.75, 3.05) is 21.7 Å². The van der Waals surface area contributed by atoms with E-state index in [1.165, 1.54) is 0 Å². The molecule has 2 aliphatic rings. The molecule has 2 aliphatic heterocycles. The average molecular weight is 412 g/mol. The number of hydrogen-bond donors (Lipinski definition) is 1. The van der Waals surface area contributed by atoms with Crippen LogP contribution in [0.3, 0.4) is 0 Å². The summed E-state index contributed by atoms with van der Waals surface area (Å²) in [5.74, 6) is -0.785. The summed E-state index contributed by atoms with van der Waals surface area (Å²) >= 11 is 6.31. The highest BCUT2D eigenvalue weighted by Gasteiger charge is 2.30. The van der Waals surface area contributed by atoms with Gasteiger partial charge in [0.05, 0.1) is 16.4 Å². The Morgan fingerprint density at radius 3 is 2.17 bits per heavy atom. The molecule has 1 N–H and O–H groups in total. The van der Waals surface area contributed by atoms with Gasteiger partial charge in [0.15, 0.2) is 0 Å². The van der Waals surface area contributed by atoms with Crippen molar-refractivity contribution >= 4 is 52.3 Å². The first kappa shape index (κ1) is 19.1. The molecule has 0 saturated carbocycles. The van der Waals surface area contributed by atoms with Crippen molar-refractivity contribution in [2.24, 2.45) is 0 Å². The number of carbonyl (C=O) groups is 4. The van der Waals surface area contributed by atoms with Crippen molar-refractivity contribution in [3.63, 3.8) is 0 Å². The third kappa shape index (κ3) is 3.73. The zero-order chi connectivity index (χ0) is 20.5. The van der Waals surface area contributed by atoms with E-state index < -0.39 is 0 Å². The molecular weight excluding hydrogens is 394 g/mol. The number of carbonyl (C=O) groups excluding carboxylic acids is 4. The van der Waals surface area contributed by atoms with Crippen LogP contribution in [0.2, 0.25) is 5.02 Å². The number of nitrogens with one attached hydrogen (secondary N) is 1. The number of anilines is 3. The molecule has 148 valence electrons. The van der Waals surface area contributed by atoms with Crippen LogP contribution in [0.4, 0.5) is 17.1 Å². The molecule has 0 atom stereocenters. The Morgan fingerprint density at radius 1 is 0.897 bits per heavy atom. The van der Waals surface area contributed by atoms with Crippen LogP contribution in [0.1, 0.15) is 36.0 Å². The van der Waals surface area contributed by atoms with Gasteiger partial charge in [-0.1, -0.05) is 11.6 Å². The number of imide groups is 1. The smallest absolute Gasteiger partial charge is 0.255 e. The number of halogens is 1. The summed E-state index contributed by atoms with van der Waals surface area (Å²) in [5, 5.41) is 3.15. The van der Waals surface area contributed by atoms with Crippen LogP contribution in [0.25, 0.3) is 0 Å². The predicted molar refractivity (Wildman–Crippen MR) is 109 cm³/mol. The molecule has 2 heterocycles. The second kappa shape index (κ2) is 7.67. The predicted octanol–water partition coefficient (Wildman–Crippen LogP) is 3.37. The number of nitrogens with zero attached hydrogens (tertiary/aromatic N) is 2. The van der Waals surface area contributed by atoms with Crippen molar-refractivity contribution in [1.82, 2.24) is 0 Å². The fraction of sp³-hybridized carbons (Fsp3) is 0.238. The first-order valence-electron chi connectivity index (χ1n) is 9.31. The van der Waals surface area contributed by atoms with Gasteiger partial charge in [0, 0.05) is 37.1 Å². The van der Waals surface area contributed by atoms with Crippen molar-refractivity contribution in [3.05, 3.63) is 53.1 Å². The molecule has 0 aliphatic carbocycles.